The largest absolute Gasteiger partial charge is 0.489 e. The molecule has 5 heteroatoms. The van der Waals surface area contributed by atoms with Crippen molar-refractivity contribution < 1.29 is 76.1 Å². The van der Waals surface area contributed by atoms with E-state index in [-0.39, 0.29) is 71.4 Å². The summed E-state index contributed by atoms with van der Waals surface area (Å²) in [5.74, 6) is 0.991. The minimum Gasteiger partial charge on any atom is -0.489 e. The molecule has 1 aromatic rings. The number of fused-ring (bicyclic) bond motifs is 1. The zero-order chi connectivity index (χ0) is 6.81. The van der Waals surface area contributed by atoms with Crippen LogP contribution in [0.3, 0.4) is 0 Å². The van der Waals surface area contributed by atoms with Gasteiger partial charge in [0.15, 0.2) is 0 Å². The van der Waals surface area contributed by atoms with Gasteiger partial charge in [0.1, 0.15) is 12.4 Å². The summed E-state index contributed by atoms with van der Waals surface area (Å²) in [6.45, 7) is 0.705. The minimum absolute atomic E-state index is 0. The Morgan fingerprint density at radius 3 is 2.43 bits per heavy atom. The third-order valence-electron chi connectivity index (χ3n) is 1.55. The summed E-state index contributed by atoms with van der Waals surface area (Å²) < 4.78 is 5.34. The van der Waals surface area contributed by atoms with Gasteiger partial charge in [-0.2, -0.15) is 0 Å². The van der Waals surface area contributed by atoms with Crippen LogP contribution in [0.5, 0.6) is 5.75 Å². The van der Waals surface area contributed by atoms with Crippen molar-refractivity contribution >= 4 is 6.08 Å². The van der Waals surface area contributed by atoms with Gasteiger partial charge < -0.3 is 4.74 Å². The molecule has 0 unspecified atom stereocenters. The maximum absolute atomic E-state index is 5.34. The van der Waals surface area contributed by atoms with Crippen LogP contribution in [0.15, 0.2) is 30.3 Å². The quantitative estimate of drug-likeness (QED) is 0.508. The molecule has 0 saturated heterocycles. The van der Waals surface area contributed by atoms with E-state index in [0.29, 0.717) is 6.61 Å². The Morgan fingerprint density at radius 2 is 1.79 bits per heavy atom. The van der Waals surface area contributed by atoms with E-state index in [1.165, 1.54) is 5.56 Å². The summed E-state index contributed by atoms with van der Waals surface area (Å²) in [6, 6.07) is 8.03. The summed E-state index contributed by atoms with van der Waals surface area (Å²) in [7, 11) is 0. The third-order valence-corrected chi connectivity index (χ3v) is 1.55. The fourth-order valence-corrected chi connectivity index (χ4v) is 1.06. The molecule has 1 aliphatic heterocycles. The smallest absolute Gasteiger partial charge is 0.126 e. The van der Waals surface area contributed by atoms with Crippen molar-refractivity contribution in [3.8, 4) is 5.75 Å². The maximum Gasteiger partial charge on any atom is 0.126 e. The molecule has 0 bridgehead atoms. The average molecular weight is 489 g/mol. The van der Waals surface area contributed by atoms with Gasteiger partial charge in [-0.25, -0.2) is 0 Å². The van der Waals surface area contributed by atoms with Crippen molar-refractivity contribution in [3.05, 3.63) is 35.9 Å². The van der Waals surface area contributed by atoms with Gasteiger partial charge in [0, 0.05) is 77.0 Å². The van der Waals surface area contributed by atoms with E-state index in [4.69, 9.17) is 4.74 Å². The van der Waals surface area contributed by atoms with E-state index in [1.807, 2.05) is 30.3 Å². The van der Waals surface area contributed by atoms with Crippen LogP contribution in [-0.2, 0) is 71.4 Å². The molecule has 0 saturated carbocycles. The molecule has 14 heavy (non-hydrogen) atoms. The molecule has 1 nitrogen and oxygen atoms in total. The summed E-state index contributed by atoms with van der Waals surface area (Å²) >= 11 is 0. The van der Waals surface area contributed by atoms with E-state index < -0.39 is 0 Å². The summed E-state index contributed by atoms with van der Waals surface area (Å²) in [6.07, 6.45) is 4.10. The topological polar surface area (TPSA) is 9.23 Å². The summed E-state index contributed by atoms with van der Waals surface area (Å²) in [5.41, 5.74) is 1.17. The number of rotatable bonds is 0. The van der Waals surface area contributed by atoms with Gasteiger partial charge in [-0.1, -0.05) is 24.3 Å². The van der Waals surface area contributed by atoms with Crippen LogP contribution in [0.1, 0.15) is 5.56 Å². The predicted molar refractivity (Wildman–Crippen MR) is 41.0 cm³/mol. The Morgan fingerprint density at radius 1 is 1.14 bits per heavy atom. The Kier molecular flexibility index (Phi) is 15.3. The van der Waals surface area contributed by atoms with E-state index >= 15 is 0 Å². The molecule has 0 N–H and O–H groups in total. The molecular weight excluding hydrogens is 481 g/mol. The van der Waals surface area contributed by atoms with Gasteiger partial charge in [-0.15, -0.1) is 0 Å². The molecule has 1 aliphatic rings. The second-order valence-corrected chi connectivity index (χ2v) is 2.25. The zero-order valence-corrected chi connectivity index (χ0v) is 13.1. The van der Waals surface area contributed by atoms with Gasteiger partial charge in [0.2, 0.25) is 0 Å². The number of hydrogen-bond acceptors (Lipinski definition) is 1. The zero-order valence-electron chi connectivity index (χ0n) is 6.99. The molecule has 0 fully saturated rings. The first-order valence-corrected chi connectivity index (χ1v) is 3.35. The molecule has 0 aliphatic carbocycles. The maximum atomic E-state index is 5.34. The fraction of sp³-hybridized carbons (Fsp3) is 0.111. The Bertz CT molecular complexity index is 283. The molecule has 0 aromatic heterocycles. The fourth-order valence-electron chi connectivity index (χ4n) is 1.06. The number of hydrogen-bond donors (Lipinski definition) is 0. The van der Waals surface area contributed by atoms with Crippen LogP contribution in [0.4, 0.5) is 0 Å². The standard InChI is InChI=1S/C9H8O.Co.Fe.Ni.W/c1-2-6-9-8(4-1)5-3-7-10-9;;;;/h1-6H,7H2;;;;. The van der Waals surface area contributed by atoms with Gasteiger partial charge in [-0.3, -0.25) is 0 Å². The van der Waals surface area contributed by atoms with Crippen molar-refractivity contribution in [2.24, 2.45) is 0 Å². The van der Waals surface area contributed by atoms with Gasteiger partial charge in [0.25, 0.3) is 0 Å². The molecule has 0 atom stereocenters. The van der Waals surface area contributed by atoms with E-state index in [9.17, 15) is 0 Å². The van der Waals surface area contributed by atoms with Crippen LogP contribution in [-0.4, -0.2) is 6.61 Å². The first-order valence-electron chi connectivity index (χ1n) is 3.35. The van der Waals surface area contributed by atoms with Crippen LogP contribution < -0.4 is 4.74 Å². The average Bonchev–Trinajstić information content (AvgIpc) is 2.05. The monoisotopic (exact) mass is 489 g/mol. The first kappa shape index (κ1) is 20.4. The van der Waals surface area contributed by atoms with Crippen LogP contribution in [0.25, 0.3) is 6.08 Å². The van der Waals surface area contributed by atoms with Crippen molar-refractivity contribution in [1.29, 1.82) is 0 Å². The number of ether oxygens (including phenoxy) is 1. The summed E-state index contributed by atoms with van der Waals surface area (Å²) in [5, 5.41) is 0. The van der Waals surface area contributed by atoms with Gasteiger partial charge >= 0.3 is 0 Å². The Balaban J connectivity index is -0.000000302. The first-order chi connectivity index (χ1) is 4.97. The number of benzene rings is 1. The van der Waals surface area contributed by atoms with E-state index in [1.54, 1.807) is 0 Å². The van der Waals surface area contributed by atoms with E-state index in [0.717, 1.165) is 5.75 Å². The summed E-state index contributed by atoms with van der Waals surface area (Å²) in [4.78, 5) is 0. The molecule has 0 amide bonds. The van der Waals surface area contributed by atoms with Crippen LogP contribution in [0, 0.1) is 0 Å². The van der Waals surface area contributed by atoms with Gasteiger partial charge in [-0.05, 0) is 12.1 Å². The minimum atomic E-state index is 0. The van der Waals surface area contributed by atoms with Crippen molar-refractivity contribution in [1.82, 2.24) is 0 Å². The normalized spacial score (nSPS) is 10.0. The molecule has 0 spiro atoms. The SMILES string of the molecule is C1=Cc2ccccc2OC1.[Co].[Fe].[Ni].[W]. The van der Waals surface area contributed by atoms with E-state index in [2.05, 4.69) is 6.08 Å². The van der Waals surface area contributed by atoms with Gasteiger partial charge in [0.05, 0.1) is 0 Å². The number of para-hydroxylation sites is 1. The van der Waals surface area contributed by atoms with Crippen LogP contribution in [0.2, 0.25) is 0 Å². The molecule has 2 rings (SSSR count). The second-order valence-electron chi connectivity index (χ2n) is 2.25. The molecule has 1 aromatic carbocycles. The third kappa shape index (κ3) is 5.16. The molecule has 1 heterocycles. The van der Waals surface area contributed by atoms with Crippen molar-refractivity contribution in [3.63, 3.8) is 0 Å². The van der Waals surface area contributed by atoms with Crippen LogP contribution >= 0.6 is 0 Å². The molecular formula is C9H8CoFeNiOW. The molecule has 1 radical (unpaired) electrons. The van der Waals surface area contributed by atoms with Crippen molar-refractivity contribution in [2.75, 3.05) is 6.61 Å². The van der Waals surface area contributed by atoms with Crippen molar-refractivity contribution in [2.45, 2.75) is 0 Å². The Hall–Kier alpha value is 0.968. The Labute approximate surface area is 129 Å². The predicted octanol–water partition coefficient (Wildman–Crippen LogP) is 2.08. The molecule has 83 valence electrons. The second kappa shape index (κ2) is 10.5.